The van der Waals surface area contributed by atoms with Crippen LogP contribution in [0.1, 0.15) is 25.1 Å². The SMILES string of the molecule is Cc1nn(C)c(Cl)c1CNCCN(C)C(C)C. The molecule has 98 valence electrons. The second-order valence-corrected chi connectivity index (χ2v) is 5.09. The maximum atomic E-state index is 6.16. The standard InChI is InChI=1S/C12H23ClN4/c1-9(2)16(4)7-6-14-8-11-10(3)15-17(5)12(11)13/h9,14H,6-8H2,1-5H3. The largest absolute Gasteiger partial charge is 0.311 e. The molecule has 17 heavy (non-hydrogen) atoms. The van der Waals surface area contributed by atoms with E-state index in [0.717, 1.165) is 36.0 Å². The Bertz CT molecular complexity index is 360. The molecule has 0 aliphatic heterocycles. The third kappa shape index (κ3) is 3.98. The first-order valence-electron chi connectivity index (χ1n) is 6.02. The molecule has 1 heterocycles. The number of rotatable bonds is 6. The van der Waals surface area contributed by atoms with Crippen LogP contribution in [-0.2, 0) is 13.6 Å². The number of nitrogens with zero attached hydrogens (tertiary/aromatic N) is 3. The molecule has 0 bridgehead atoms. The molecule has 0 aromatic carbocycles. The summed E-state index contributed by atoms with van der Waals surface area (Å²) in [5.41, 5.74) is 2.10. The maximum absolute atomic E-state index is 6.16. The van der Waals surface area contributed by atoms with Crippen LogP contribution in [-0.4, -0.2) is 40.9 Å². The van der Waals surface area contributed by atoms with Crippen molar-refractivity contribution in [2.24, 2.45) is 7.05 Å². The van der Waals surface area contributed by atoms with E-state index in [1.54, 1.807) is 4.68 Å². The molecule has 1 N–H and O–H groups in total. The molecule has 0 radical (unpaired) electrons. The first kappa shape index (κ1) is 14.5. The number of hydrogen-bond donors (Lipinski definition) is 1. The van der Waals surface area contributed by atoms with Crippen LogP contribution in [0.4, 0.5) is 0 Å². The van der Waals surface area contributed by atoms with Gasteiger partial charge in [0.1, 0.15) is 5.15 Å². The molecule has 4 nitrogen and oxygen atoms in total. The van der Waals surface area contributed by atoms with E-state index in [1.165, 1.54) is 0 Å². The Morgan fingerprint density at radius 3 is 2.59 bits per heavy atom. The van der Waals surface area contributed by atoms with Gasteiger partial charge in [0.25, 0.3) is 0 Å². The minimum Gasteiger partial charge on any atom is -0.311 e. The van der Waals surface area contributed by atoms with Crippen molar-refractivity contribution in [3.63, 3.8) is 0 Å². The van der Waals surface area contributed by atoms with Crippen LogP contribution < -0.4 is 5.32 Å². The van der Waals surface area contributed by atoms with Crippen molar-refractivity contribution in [3.05, 3.63) is 16.4 Å². The van der Waals surface area contributed by atoms with Gasteiger partial charge in [-0.15, -0.1) is 0 Å². The lowest BCUT2D eigenvalue weighted by Crippen LogP contribution is -2.33. The highest BCUT2D eigenvalue weighted by Gasteiger charge is 2.10. The van der Waals surface area contributed by atoms with Gasteiger partial charge in [-0.3, -0.25) is 4.68 Å². The van der Waals surface area contributed by atoms with E-state index in [9.17, 15) is 0 Å². The van der Waals surface area contributed by atoms with Crippen molar-refractivity contribution in [2.75, 3.05) is 20.1 Å². The number of nitrogens with one attached hydrogen (secondary N) is 1. The van der Waals surface area contributed by atoms with E-state index in [2.05, 4.69) is 36.2 Å². The van der Waals surface area contributed by atoms with Crippen molar-refractivity contribution in [2.45, 2.75) is 33.4 Å². The molecule has 0 saturated carbocycles. The summed E-state index contributed by atoms with van der Waals surface area (Å²) in [4.78, 5) is 2.31. The summed E-state index contributed by atoms with van der Waals surface area (Å²) in [6.07, 6.45) is 0. The van der Waals surface area contributed by atoms with Gasteiger partial charge in [-0.2, -0.15) is 5.10 Å². The molecule has 0 fully saturated rings. The van der Waals surface area contributed by atoms with Crippen LogP contribution in [0.15, 0.2) is 0 Å². The quantitative estimate of drug-likeness (QED) is 0.790. The van der Waals surface area contributed by atoms with Crippen LogP contribution in [0.5, 0.6) is 0 Å². The lowest BCUT2D eigenvalue weighted by molar-refractivity contribution is 0.273. The molecule has 0 spiro atoms. The summed E-state index contributed by atoms with van der Waals surface area (Å²) in [7, 11) is 4.00. The monoisotopic (exact) mass is 258 g/mol. The summed E-state index contributed by atoms with van der Waals surface area (Å²) in [6.45, 7) is 9.16. The highest BCUT2D eigenvalue weighted by atomic mass is 35.5. The fraction of sp³-hybridized carbons (Fsp3) is 0.750. The van der Waals surface area contributed by atoms with E-state index in [1.807, 2.05) is 14.0 Å². The maximum Gasteiger partial charge on any atom is 0.131 e. The Hall–Kier alpha value is -0.580. The topological polar surface area (TPSA) is 33.1 Å². The molecule has 0 aliphatic carbocycles. The van der Waals surface area contributed by atoms with Crippen LogP contribution in [0.2, 0.25) is 5.15 Å². The van der Waals surface area contributed by atoms with Gasteiger partial charge in [-0.05, 0) is 27.8 Å². The van der Waals surface area contributed by atoms with E-state index in [-0.39, 0.29) is 0 Å². The predicted molar refractivity (Wildman–Crippen MR) is 72.4 cm³/mol. The van der Waals surface area contributed by atoms with Gasteiger partial charge in [0.15, 0.2) is 0 Å². The first-order chi connectivity index (χ1) is 7.93. The Morgan fingerprint density at radius 1 is 1.47 bits per heavy atom. The van der Waals surface area contributed by atoms with Crippen LogP contribution >= 0.6 is 11.6 Å². The summed E-state index contributed by atoms with van der Waals surface area (Å²) in [6, 6.07) is 0.584. The highest BCUT2D eigenvalue weighted by molar-refractivity contribution is 6.30. The number of halogens is 1. The van der Waals surface area contributed by atoms with Gasteiger partial charge in [0, 0.05) is 38.3 Å². The lowest BCUT2D eigenvalue weighted by Gasteiger charge is -2.20. The van der Waals surface area contributed by atoms with Gasteiger partial charge >= 0.3 is 0 Å². The van der Waals surface area contributed by atoms with Crippen LogP contribution in [0, 0.1) is 6.92 Å². The molecular formula is C12H23ClN4. The van der Waals surface area contributed by atoms with E-state index < -0.39 is 0 Å². The molecule has 1 aromatic rings. The Morgan fingerprint density at radius 2 is 2.12 bits per heavy atom. The zero-order valence-electron chi connectivity index (χ0n) is 11.4. The zero-order valence-corrected chi connectivity index (χ0v) is 12.2. The van der Waals surface area contributed by atoms with Gasteiger partial charge in [-0.25, -0.2) is 0 Å². The Balaban J connectivity index is 2.36. The normalized spacial score (nSPS) is 11.8. The van der Waals surface area contributed by atoms with Crippen molar-refractivity contribution >= 4 is 11.6 Å². The number of likely N-dealkylation sites (N-methyl/N-ethyl adjacent to an activating group) is 1. The predicted octanol–water partition coefficient (Wildman–Crippen LogP) is 1.81. The molecular weight excluding hydrogens is 236 g/mol. The molecule has 0 aliphatic rings. The van der Waals surface area contributed by atoms with Gasteiger partial charge in [0.2, 0.25) is 0 Å². The number of aryl methyl sites for hydroxylation is 2. The second-order valence-electron chi connectivity index (χ2n) is 4.73. The average Bonchev–Trinajstić information content (AvgIpc) is 2.49. The molecule has 0 amide bonds. The second kappa shape index (κ2) is 6.38. The van der Waals surface area contributed by atoms with Gasteiger partial charge < -0.3 is 10.2 Å². The van der Waals surface area contributed by atoms with Crippen molar-refractivity contribution < 1.29 is 0 Å². The molecule has 1 rings (SSSR count). The summed E-state index contributed by atoms with van der Waals surface area (Å²) < 4.78 is 1.72. The van der Waals surface area contributed by atoms with Crippen molar-refractivity contribution in [1.82, 2.24) is 20.0 Å². The molecule has 0 saturated heterocycles. The van der Waals surface area contributed by atoms with Crippen LogP contribution in [0.25, 0.3) is 0 Å². The Kier molecular flexibility index (Phi) is 5.43. The number of hydrogen-bond acceptors (Lipinski definition) is 3. The van der Waals surface area contributed by atoms with E-state index in [0.29, 0.717) is 6.04 Å². The minimum absolute atomic E-state index is 0.584. The molecule has 5 heteroatoms. The average molecular weight is 259 g/mol. The zero-order chi connectivity index (χ0) is 13.0. The van der Waals surface area contributed by atoms with E-state index in [4.69, 9.17) is 11.6 Å². The van der Waals surface area contributed by atoms with Crippen LogP contribution in [0.3, 0.4) is 0 Å². The fourth-order valence-electron chi connectivity index (χ4n) is 1.60. The summed E-state index contributed by atoms with van der Waals surface area (Å²) >= 11 is 6.16. The van der Waals surface area contributed by atoms with Crippen molar-refractivity contribution in [3.8, 4) is 0 Å². The van der Waals surface area contributed by atoms with Gasteiger partial charge in [-0.1, -0.05) is 11.6 Å². The summed E-state index contributed by atoms with van der Waals surface area (Å²) in [5, 5.41) is 8.42. The molecule has 1 aromatic heterocycles. The third-order valence-corrected chi connectivity index (χ3v) is 3.57. The van der Waals surface area contributed by atoms with E-state index >= 15 is 0 Å². The number of aromatic nitrogens is 2. The molecule has 0 atom stereocenters. The smallest absolute Gasteiger partial charge is 0.131 e. The third-order valence-electron chi connectivity index (χ3n) is 3.09. The summed E-state index contributed by atoms with van der Waals surface area (Å²) in [5.74, 6) is 0. The fourth-order valence-corrected chi connectivity index (χ4v) is 1.84. The minimum atomic E-state index is 0.584. The Labute approximate surface area is 109 Å². The van der Waals surface area contributed by atoms with Gasteiger partial charge in [0.05, 0.1) is 5.69 Å². The first-order valence-corrected chi connectivity index (χ1v) is 6.40. The van der Waals surface area contributed by atoms with Crippen molar-refractivity contribution in [1.29, 1.82) is 0 Å². The lowest BCUT2D eigenvalue weighted by atomic mass is 10.2. The molecule has 0 unspecified atom stereocenters. The highest BCUT2D eigenvalue weighted by Crippen LogP contribution is 2.17.